The van der Waals surface area contributed by atoms with Crippen LogP contribution in [0.4, 0.5) is 16.0 Å². The van der Waals surface area contributed by atoms with Gasteiger partial charge in [-0.15, -0.1) is 4.68 Å². The molecule has 1 N–H and O–H groups in total. The van der Waals surface area contributed by atoms with Crippen LogP contribution in [0.25, 0.3) is 0 Å². The number of carbonyl (C=O) groups excluding carboxylic acids is 1. The second kappa shape index (κ2) is 7.54. The minimum Gasteiger partial charge on any atom is -0.358 e. The van der Waals surface area contributed by atoms with Crippen LogP contribution in [0.5, 0.6) is 0 Å². The summed E-state index contributed by atoms with van der Waals surface area (Å²) in [5.74, 6) is -0.935. The molecule has 2 aromatic heterocycles. The summed E-state index contributed by atoms with van der Waals surface area (Å²) < 4.78 is 15.6. The second-order valence-corrected chi connectivity index (χ2v) is 6.15. The van der Waals surface area contributed by atoms with Crippen molar-refractivity contribution in [1.29, 1.82) is 0 Å². The molecule has 0 bridgehead atoms. The molecular formula is C16H14ClFN6O3. The molecule has 0 spiro atoms. The van der Waals surface area contributed by atoms with Gasteiger partial charge in [0.2, 0.25) is 0 Å². The fourth-order valence-electron chi connectivity index (χ4n) is 2.45. The number of nitrogens with one attached hydrogen (secondary N) is 1. The Hall–Kier alpha value is -3.27. The van der Waals surface area contributed by atoms with Crippen LogP contribution >= 0.6 is 11.6 Å². The van der Waals surface area contributed by atoms with E-state index in [0.29, 0.717) is 17.8 Å². The highest BCUT2D eigenvalue weighted by molar-refractivity contribution is 6.31. The van der Waals surface area contributed by atoms with Gasteiger partial charge in [-0.05, 0) is 29.5 Å². The second-order valence-electron chi connectivity index (χ2n) is 5.74. The maximum atomic E-state index is 13.1. The van der Waals surface area contributed by atoms with E-state index in [1.807, 2.05) is 0 Å². The minimum absolute atomic E-state index is 0.265. The molecule has 1 amide bonds. The highest BCUT2D eigenvalue weighted by atomic mass is 35.5. The minimum atomic E-state index is -0.603. The molecule has 27 heavy (non-hydrogen) atoms. The molecule has 2 heterocycles. The van der Waals surface area contributed by atoms with Gasteiger partial charge in [-0.3, -0.25) is 9.48 Å². The maximum absolute atomic E-state index is 13.1. The highest BCUT2D eigenvalue weighted by Crippen LogP contribution is 2.19. The van der Waals surface area contributed by atoms with E-state index in [0.717, 1.165) is 4.68 Å². The average Bonchev–Trinajstić information content (AvgIpc) is 3.16. The van der Waals surface area contributed by atoms with Crippen molar-refractivity contribution in [2.75, 3.05) is 5.32 Å². The van der Waals surface area contributed by atoms with E-state index in [-0.39, 0.29) is 23.2 Å². The number of anilines is 1. The van der Waals surface area contributed by atoms with Gasteiger partial charge in [-0.25, -0.2) is 4.39 Å². The fourth-order valence-corrected chi connectivity index (χ4v) is 2.68. The molecule has 9 nitrogen and oxygen atoms in total. The van der Waals surface area contributed by atoms with Crippen molar-refractivity contribution < 1.29 is 14.1 Å². The van der Waals surface area contributed by atoms with Crippen LogP contribution in [-0.4, -0.2) is 30.4 Å². The number of rotatable bonds is 6. The zero-order valence-corrected chi connectivity index (χ0v) is 14.9. The maximum Gasteiger partial charge on any atom is 0.345 e. The Labute approximate surface area is 157 Å². The zero-order chi connectivity index (χ0) is 19.6. The van der Waals surface area contributed by atoms with Gasteiger partial charge >= 0.3 is 5.82 Å². The van der Waals surface area contributed by atoms with Gasteiger partial charge in [0, 0.05) is 17.3 Å². The molecule has 0 atom stereocenters. The van der Waals surface area contributed by atoms with Crippen LogP contribution in [0.1, 0.15) is 11.3 Å². The van der Waals surface area contributed by atoms with Crippen molar-refractivity contribution >= 4 is 29.1 Å². The molecule has 140 valence electrons. The number of nitro groups is 1. The van der Waals surface area contributed by atoms with E-state index in [1.54, 1.807) is 25.3 Å². The van der Waals surface area contributed by atoms with Crippen molar-refractivity contribution in [3.05, 3.63) is 68.7 Å². The van der Waals surface area contributed by atoms with E-state index in [4.69, 9.17) is 11.6 Å². The van der Waals surface area contributed by atoms with Crippen molar-refractivity contribution in [2.45, 2.75) is 20.0 Å². The van der Waals surface area contributed by atoms with Crippen LogP contribution in [-0.2, 0) is 17.9 Å². The molecule has 0 aliphatic heterocycles. The standard InChI is InChI=1S/C16H14ClFN6O3/c1-10-6-16(24(26)27)23(20-10)9-15(25)19-14-4-5-22(21-14)8-11-2-3-12(18)7-13(11)17/h2-7H,8-9H2,1H3,(H,19,21,25). The SMILES string of the molecule is Cc1cc([N+](=O)[O-])n(CC(=O)Nc2ccn(Cc3ccc(F)cc3Cl)n2)n1. The lowest BCUT2D eigenvalue weighted by atomic mass is 10.2. The van der Waals surface area contributed by atoms with E-state index < -0.39 is 16.6 Å². The Morgan fingerprint density at radius 3 is 2.81 bits per heavy atom. The average molecular weight is 393 g/mol. The van der Waals surface area contributed by atoms with Gasteiger partial charge in [0.15, 0.2) is 12.4 Å². The number of aromatic nitrogens is 4. The molecule has 0 saturated heterocycles. The fraction of sp³-hybridized carbons (Fsp3) is 0.188. The van der Waals surface area contributed by atoms with Gasteiger partial charge in [0.1, 0.15) is 5.82 Å². The number of amides is 1. The van der Waals surface area contributed by atoms with Crippen molar-refractivity contribution in [1.82, 2.24) is 19.6 Å². The Morgan fingerprint density at radius 1 is 1.33 bits per heavy atom. The first-order chi connectivity index (χ1) is 12.8. The third kappa shape index (κ3) is 4.47. The monoisotopic (exact) mass is 392 g/mol. The molecule has 3 rings (SSSR count). The summed E-state index contributed by atoms with van der Waals surface area (Å²) in [7, 11) is 0. The predicted molar refractivity (Wildman–Crippen MR) is 95.0 cm³/mol. The number of halogens is 2. The molecule has 1 aromatic carbocycles. The molecule has 0 radical (unpaired) electrons. The zero-order valence-electron chi connectivity index (χ0n) is 14.1. The molecule has 0 saturated carbocycles. The summed E-state index contributed by atoms with van der Waals surface area (Å²) >= 11 is 5.99. The smallest absolute Gasteiger partial charge is 0.345 e. The molecule has 11 heteroatoms. The van der Waals surface area contributed by atoms with Gasteiger partial charge < -0.3 is 15.4 Å². The quantitative estimate of drug-likeness (QED) is 0.512. The number of hydrogen-bond donors (Lipinski definition) is 1. The molecule has 0 aliphatic carbocycles. The lowest BCUT2D eigenvalue weighted by Crippen LogP contribution is -2.21. The summed E-state index contributed by atoms with van der Waals surface area (Å²) in [5.41, 5.74) is 1.11. The third-order valence-electron chi connectivity index (χ3n) is 3.62. The number of benzene rings is 1. The van der Waals surface area contributed by atoms with Crippen LogP contribution < -0.4 is 5.32 Å². The largest absolute Gasteiger partial charge is 0.358 e. The van der Waals surface area contributed by atoms with Crippen LogP contribution in [0.2, 0.25) is 5.02 Å². The van der Waals surface area contributed by atoms with Gasteiger partial charge in [0.05, 0.1) is 18.3 Å². The van der Waals surface area contributed by atoms with Crippen LogP contribution in [0.15, 0.2) is 36.5 Å². The first kappa shape index (κ1) is 18.5. The topological polar surface area (TPSA) is 108 Å². The number of hydrogen-bond acceptors (Lipinski definition) is 5. The van der Waals surface area contributed by atoms with Crippen LogP contribution in [0, 0.1) is 22.9 Å². The summed E-state index contributed by atoms with van der Waals surface area (Å²) in [6, 6.07) is 6.91. The van der Waals surface area contributed by atoms with E-state index in [9.17, 15) is 19.3 Å². The predicted octanol–water partition coefficient (Wildman–Crippen LogP) is 2.78. The van der Waals surface area contributed by atoms with E-state index in [2.05, 4.69) is 15.5 Å². The number of aryl methyl sites for hydroxylation is 1. The Morgan fingerprint density at radius 2 is 2.11 bits per heavy atom. The van der Waals surface area contributed by atoms with E-state index in [1.165, 1.54) is 22.9 Å². The van der Waals surface area contributed by atoms with Gasteiger partial charge in [0.25, 0.3) is 5.91 Å². The Kier molecular flexibility index (Phi) is 5.17. The van der Waals surface area contributed by atoms with Crippen molar-refractivity contribution in [3.63, 3.8) is 0 Å². The Balaban J connectivity index is 1.65. The van der Waals surface area contributed by atoms with Crippen molar-refractivity contribution in [3.8, 4) is 0 Å². The first-order valence-corrected chi connectivity index (χ1v) is 8.15. The van der Waals surface area contributed by atoms with Crippen molar-refractivity contribution in [2.24, 2.45) is 0 Å². The summed E-state index contributed by atoms with van der Waals surface area (Å²) in [5, 5.41) is 21.9. The molecular weight excluding hydrogens is 379 g/mol. The molecule has 0 aliphatic rings. The highest BCUT2D eigenvalue weighted by Gasteiger charge is 2.20. The Bertz CT molecular complexity index is 1020. The summed E-state index contributed by atoms with van der Waals surface area (Å²) in [4.78, 5) is 22.5. The first-order valence-electron chi connectivity index (χ1n) is 7.78. The number of carbonyl (C=O) groups is 1. The number of nitrogens with zero attached hydrogens (tertiary/aromatic N) is 5. The summed E-state index contributed by atoms with van der Waals surface area (Å²) in [6.07, 6.45) is 1.62. The summed E-state index contributed by atoms with van der Waals surface area (Å²) in [6.45, 7) is 1.57. The van der Waals surface area contributed by atoms with Crippen LogP contribution in [0.3, 0.4) is 0 Å². The van der Waals surface area contributed by atoms with Gasteiger partial charge in [-0.2, -0.15) is 5.10 Å². The van der Waals surface area contributed by atoms with E-state index >= 15 is 0 Å². The molecule has 0 fully saturated rings. The molecule has 0 unspecified atom stereocenters. The van der Waals surface area contributed by atoms with Gasteiger partial charge in [-0.1, -0.05) is 22.8 Å². The normalized spacial score (nSPS) is 10.8. The molecule has 3 aromatic rings. The third-order valence-corrected chi connectivity index (χ3v) is 3.97. The lowest BCUT2D eigenvalue weighted by Gasteiger charge is -2.05. The lowest BCUT2D eigenvalue weighted by molar-refractivity contribution is -0.392.